The second-order valence-electron chi connectivity index (χ2n) is 13.5. The molecule has 1 aromatic rings. The summed E-state index contributed by atoms with van der Waals surface area (Å²) in [4.78, 5) is 69.7. The molecule has 0 radical (unpaired) electrons. The predicted molar refractivity (Wildman–Crippen MR) is 191 cm³/mol. The molecule has 1 aliphatic heterocycles. The molecule has 9 atom stereocenters. The van der Waals surface area contributed by atoms with Crippen molar-refractivity contribution in [2.75, 3.05) is 34.9 Å². The SMILES string of the molecule is C=CC(C)(N)C(=O)N[C@@H](C)C(=O)N(C)[C@@H]([C@@H](C)CC)[C@@H](CC(=O)N1CCC[C@H]1[C@H](OC)[C@@H](C)C(=O)N[C@@H](Cc1ccccc1)C(=O)OC)OC. The molecule has 1 heterocycles. The molecule has 2 rings (SSSR count). The standard InChI is InChI=1S/C37H59N5O8/c1-11-23(3)31(41(7)34(45)25(5)39-36(47)37(6,38)12-2)29(48-8)22-30(43)42-20-16-19-28(42)32(49-9)24(4)33(44)40-27(35(46)50-10)21-26-17-14-13-15-18-26/h12-15,17-18,23-25,27-29,31-32H,2,11,16,19-22,38H2,1,3-10H3,(H,39,47)(H,40,44)/t23-,24+,25-,27-,28-,29+,31-,32+,37?/m0/s1. The van der Waals surface area contributed by atoms with E-state index in [4.69, 9.17) is 19.9 Å². The molecular weight excluding hydrogens is 642 g/mol. The van der Waals surface area contributed by atoms with E-state index in [9.17, 15) is 24.0 Å². The fourth-order valence-electron chi connectivity index (χ4n) is 6.61. The topological polar surface area (TPSA) is 170 Å². The van der Waals surface area contributed by atoms with Gasteiger partial charge in [0, 0.05) is 34.2 Å². The van der Waals surface area contributed by atoms with Crippen LogP contribution in [0.1, 0.15) is 65.9 Å². The van der Waals surface area contributed by atoms with Crippen LogP contribution in [0.3, 0.4) is 0 Å². The summed E-state index contributed by atoms with van der Waals surface area (Å²) >= 11 is 0. The van der Waals surface area contributed by atoms with Gasteiger partial charge in [-0.05, 0) is 38.2 Å². The number of esters is 1. The summed E-state index contributed by atoms with van der Waals surface area (Å²) in [5.74, 6) is -2.78. The van der Waals surface area contributed by atoms with E-state index in [-0.39, 0.29) is 30.6 Å². The lowest BCUT2D eigenvalue weighted by molar-refractivity contribution is -0.148. The van der Waals surface area contributed by atoms with Crippen molar-refractivity contribution in [3.8, 4) is 0 Å². The zero-order valence-electron chi connectivity index (χ0n) is 31.3. The van der Waals surface area contributed by atoms with Crippen LogP contribution in [0.15, 0.2) is 43.0 Å². The Bertz CT molecular complexity index is 1310. The highest BCUT2D eigenvalue weighted by Crippen LogP contribution is 2.29. The minimum Gasteiger partial charge on any atom is -0.467 e. The van der Waals surface area contributed by atoms with Crippen LogP contribution in [-0.4, -0.2) is 116 Å². The first-order chi connectivity index (χ1) is 23.6. The molecule has 13 nitrogen and oxygen atoms in total. The zero-order valence-corrected chi connectivity index (χ0v) is 31.3. The first-order valence-electron chi connectivity index (χ1n) is 17.4. The highest BCUT2D eigenvalue weighted by atomic mass is 16.5. The second kappa shape index (κ2) is 19.5. The summed E-state index contributed by atoms with van der Waals surface area (Å²) in [6.07, 6.45) is 2.29. The number of rotatable bonds is 19. The first-order valence-corrected chi connectivity index (χ1v) is 17.4. The van der Waals surface area contributed by atoms with Crippen LogP contribution in [0.4, 0.5) is 0 Å². The third-order valence-electron chi connectivity index (χ3n) is 9.97. The van der Waals surface area contributed by atoms with Gasteiger partial charge in [-0.25, -0.2) is 4.79 Å². The number of carbonyl (C=O) groups is 5. The zero-order chi connectivity index (χ0) is 37.8. The fraction of sp³-hybridized carbons (Fsp3) is 0.649. The van der Waals surface area contributed by atoms with Gasteiger partial charge < -0.3 is 40.4 Å². The number of likely N-dealkylation sites (N-methyl/N-ethyl adjacent to an activating group) is 1. The molecule has 13 heteroatoms. The van der Waals surface area contributed by atoms with Crippen LogP contribution in [0, 0.1) is 11.8 Å². The number of hydrogen-bond donors (Lipinski definition) is 3. The quantitative estimate of drug-likeness (QED) is 0.145. The van der Waals surface area contributed by atoms with Crippen molar-refractivity contribution < 1.29 is 38.2 Å². The van der Waals surface area contributed by atoms with Crippen LogP contribution in [0.5, 0.6) is 0 Å². The molecule has 1 unspecified atom stereocenters. The summed E-state index contributed by atoms with van der Waals surface area (Å²) in [5.41, 5.74) is 5.50. The van der Waals surface area contributed by atoms with Crippen molar-refractivity contribution in [1.29, 1.82) is 0 Å². The Balaban J connectivity index is 2.23. The Morgan fingerprint density at radius 1 is 1.08 bits per heavy atom. The van der Waals surface area contributed by atoms with E-state index < -0.39 is 65.6 Å². The Kier molecular flexibility index (Phi) is 16.6. The van der Waals surface area contributed by atoms with Gasteiger partial charge in [0.25, 0.3) is 0 Å². The Morgan fingerprint density at radius 2 is 1.72 bits per heavy atom. The molecule has 280 valence electrons. The number of likely N-dealkylation sites (tertiary alicyclic amines) is 1. The third kappa shape index (κ3) is 10.8. The van der Waals surface area contributed by atoms with E-state index in [0.717, 1.165) is 12.0 Å². The molecule has 1 saturated heterocycles. The van der Waals surface area contributed by atoms with Crippen molar-refractivity contribution in [3.63, 3.8) is 0 Å². The molecule has 1 fully saturated rings. The molecule has 4 amide bonds. The molecule has 0 saturated carbocycles. The van der Waals surface area contributed by atoms with Crippen molar-refractivity contribution in [3.05, 3.63) is 48.6 Å². The lowest BCUT2D eigenvalue weighted by Crippen LogP contribution is -2.59. The van der Waals surface area contributed by atoms with E-state index in [1.54, 1.807) is 30.7 Å². The van der Waals surface area contributed by atoms with E-state index in [2.05, 4.69) is 17.2 Å². The molecule has 50 heavy (non-hydrogen) atoms. The van der Waals surface area contributed by atoms with Crippen LogP contribution >= 0.6 is 0 Å². The largest absolute Gasteiger partial charge is 0.467 e. The smallest absolute Gasteiger partial charge is 0.328 e. The lowest BCUT2D eigenvalue weighted by Gasteiger charge is -2.40. The number of amides is 4. The van der Waals surface area contributed by atoms with Gasteiger partial charge in [-0.15, -0.1) is 6.58 Å². The summed E-state index contributed by atoms with van der Waals surface area (Å²) in [5, 5.41) is 5.51. The number of nitrogens with zero attached hydrogens (tertiary/aromatic N) is 2. The van der Waals surface area contributed by atoms with Crippen molar-refractivity contribution >= 4 is 29.6 Å². The predicted octanol–water partition coefficient (Wildman–Crippen LogP) is 2.22. The van der Waals surface area contributed by atoms with Crippen LogP contribution < -0.4 is 16.4 Å². The normalized spacial score (nSPS) is 19.8. The highest BCUT2D eigenvalue weighted by Gasteiger charge is 2.43. The molecule has 1 aromatic carbocycles. The number of nitrogens with two attached hydrogens (primary N) is 1. The average molecular weight is 702 g/mol. The van der Waals surface area contributed by atoms with Gasteiger partial charge in [-0.3, -0.25) is 19.2 Å². The van der Waals surface area contributed by atoms with Crippen molar-refractivity contribution in [2.24, 2.45) is 17.6 Å². The Labute approximate surface area is 297 Å². The van der Waals surface area contributed by atoms with Gasteiger partial charge in [-0.2, -0.15) is 0 Å². The van der Waals surface area contributed by atoms with E-state index in [0.29, 0.717) is 19.4 Å². The Hall–Kier alpha value is -3.81. The van der Waals surface area contributed by atoms with Gasteiger partial charge >= 0.3 is 5.97 Å². The van der Waals surface area contributed by atoms with E-state index >= 15 is 0 Å². The number of methoxy groups -OCH3 is 3. The van der Waals surface area contributed by atoms with Gasteiger partial charge in [0.2, 0.25) is 23.6 Å². The highest BCUT2D eigenvalue weighted by molar-refractivity contribution is 5.93. The third-order valence-corrected chi connectivity index (χ3v) is 9.97. The van der Waals surface area contributed by atoms with Gasteiger partial charge in [0.1, 0.15) is 17.6 Å². The average Bonchev–Trinajstić information content (AvgIpc) is 3.60. The Morgan fingerprint density at radius 3 is 2.26 bits per heavy atom. The van der Waals surface area contributed by atoms with Crippen LogP contribution in [0.25, 0.3) is 0 Å². The molecule has 1 aliphatic rings. The van der Waals surface area contributed by atoms with Gasteiger partial charge in [0.05, 0.1) is 43.7 Å². The monoisotopic (exact) mass is 701 g/mol. The van der Waals surface area contributed by atoms with E-state index in [1.165, 1.54) is 34.3 Å². The summed E-state index contributed by atoms with van der Waals surface area (Å²) in [6.45, 7) is 12.9. The maximum absolute atomic E-state index is 14.0. The molecule has 0 bridgehead atoms. The maximum Gasteiger partial charge on any atom is 0.328 e. The molecule has 0 spiro atoms. The number of carbonyl (C=O) groups excluding carboxylic acids is 5. The second-order valence-corrected chi connectivity index (χ2v) is 13.5. The molecule has 0 aliphatic carbocycles. The first kappa shape index (κ1) is 42.4. The number of hydrogen-bond acceptors (Lipinski definition) is 9. The molecule has 4 N–H and O–H groups in total. The summed E-state index contributed by atoms with van der Waals surface area (Å²) in [7, 11) is 5.95. The maximum atomic E-state index is 14.0. The number of nitrogens with one attached hydrogen (secondary N) is 2. The van der Waals surface area contributed by atoms with E-state index in [1.807, 2.05) is 44.2 Å². The summed E-state index contributed by atoms with van der Waals surface area (Å²) in [6, 6.07) is 6.66. The molecular formula is C37H59N5O8. The van der Waals surface area contributed by atoms with Crippen LogP contribution in [-0.2, 0) is 44.6 Å². The van der Waals surface area contributed by atoms with Gasteiger partial charge in [-0.1, -0.05) is 63.6 Å². The van der Waals surface area contributed by atoms with Crippen molar-refractivity contribution in [1.82, 2.24) is 20.4 Å². The van der Waals surface area contributed by atoms with Crippen LogP contribution in [0.2, 0.25) is 0 Å². The number of benzene rings is 1. The van der Waals surface area contributed by atoms with Crippen molar-refractivity contribution in [2.45, 2.75) is 109 Å². The fourth-order valence-corrected chi connectivity index (χ4v) is 6.61. The van der Waals surface area contributed by atoms with Gasteiger partial charge in [0.15, 0.2) is 0 Å². The number of ether oxygens (including phenoxy) is 3. The minimum absolute atomic E-state index is 0.0177. The summed E-state index contributed by atoms with van der Waals surface area (Å²) < 4.78 is 16.7. The minimum atomic E-state index is -1.35. The molecule has 0 aromatic heterocycles. The lowest BCUT2D eigenvalue weighted by atomic mass is 9.90.